The predicted molar refractivity (Wildman–Crippen MR) is 101 cm³/mol. The summed E-state index contributed by atoms with van der Waals surface area (Å²) in [7, 11) is 1.95. The van der Waals surface area contributed by atoms with Crippen molar-refractivity contribution in [2.75, 3.05) is 11.9 Å². The van der Waals surface area contributed by atoms with Gasteiger partial charge in [0.25, 0.3) is 0 Å². The number of benzene rings is 1. The van der Waals surface area contributed by atoms with Gasteiger partial charge < -0.3 is 19.9 Å². The van der Waals surface area contributed by atoms with Gasteiger partial charge in [0.1, 0.15) is 11.9 Å². The van der Waals surface area contributed by atoms with E-state index in [0.29, 0.717) is 13.0 Å². The highest BCUT2D eigenvalue weighted by Gasteiger charge is 2.27. The Morgan fingerprint density at radius 1 is 1.22 bits per heavy atom. The largest absolute Gasteiger partial charge is 0.370 e. The Kier molecular flexibility index (Phi) is 4.88. The van der Waals surface area contributed by atoms with Crippen LogP contribution in [-0.4, -0.2) is 38.0 Å². The topological polar surface area (TPSA) is 86.0 Å². The minimum Gasteiger partial charge on any atom is -0.370 e. The van der Waals surface area contributed by atoms with E-state index in [0.717, 1.165) is 23.6 Å². The molecule has 1 aliphatic rings. The molecule has 1 aromatic carbocycles. The van der Waals surface area contributed by atoms with Gasteiger partial charge in [-0.2, -0.15) is 5.10 Å². The number of carbonyl (C=O) groups excluding carboxylic acids is 1. The number of hydrogen-bond acceptors (Lipinski definition) is 4. The number of imidazole rings is 1. The van der Waals surface area contributed by atoms with Crippen LogP contribution >= 0.6 is 0 Å². The summed E-state index contributed by atoms with van der Waals surface area (Å²) in [6.45, 7) is 0.598. The fourth-order valence-electron chi connectivity index (χ4n) is 3.27. The van der Waals surface area contributed by atoms with Gasteiger partial charge in [-0.05, 0) is 36.8 Å². The molecule has 1 aliphatic heterocycles. The number of hydrogen-bond donors (Lipinski definition) is 2. The van der Waals surface area contributed by atoms with Crippen LogP contribution in [-0.2, 0) is 11.8 Å². The summed E-state index contributed by atoms with van der Waals surface area (Å²) in [6, 6.07) is 9.24. The molecule has 2 aromatic heterocycles. The van der Waals surface area contributed by atoms with Crippen LogP contribution in [0.2, 0.25) is 0 Å². The van der Waals surface area contributed by atoms with Gasteiger partial charge in [-0.3, -0.25) is 0 Å². The molecule has 0 spiro atoms. The zero-order chi connectivity index (χ0) is 18.6. The van der Waals surface area contributed by atoms with Crippen LogP contribution in [0, 0.1) is 0 Å². The number of nitrogens with zero attached hydrogens (tertiary/aromatic N) is 4. The van der Waals surface area contributed by atoms with Crippen molar-refractivity contribution in [3.05, 3.63) is 60.9 Å². The molecule has 140 valence electrons. The van der Waals surface area contributed by atoms with Crippen LogP contribution in [0.1, 0.15) is 24.8 Å². The molecule has 2 N–H and O–H groups in total. The van der Waals surface area contributed by atoms with E-state index in [2.05, 4.69) is 20.7 Å². The first-order valence-corrected chi connectivity index (χ1v) is 8.95. The summed E-state index contributed by atoms with van der Waals surface area (Å²) < 4.78 is 9.54. The molecular weight excluding hydrogens is 344 g/mol. The summed E-state index contributed by atoms with van der Waals surface area (Å²) >= 11 is 0. The van der Waals surface area contributed by atoms with E-state index in [1.54, 1.807) is 17.1 Å². The third kappa shape index (κ3) is 4.01. The van der Waals surface area contributed by atoms with Crippen molar-refractivity contribution < 1.29 is 9.53 Å². The van der Waals surface area contributed by atoms with Crippen LogP contribution in [0.25, 0.3) is 5.69 Å². The predicted octanol–water partition coefficient (Wildman–Crippen LogP) is 2.65. The van der Waals surface area contributed by atoms with Gasteiger partial charge in [0, 0.05) is 56.6 Å². The second kappa shape index (κ2) is 7.63. The van der Waals surface area contributed by atoms with Gasteiger partial charge >= 0.3 is 6.03 Å². The molecule has 27 heavy (non-hydrogen) atoms. The molecule has 8 nitrogen and oxygen atoms in total. The summed E-state index contributed by atoms with van der Waals surface area (Å²) in [5.74, 6) is 0.885. The first-order chi connectivity index (χ1) is 13.2. The number of amides is 2. The summed E-state index contributed by atoms with van der Waals surface area (Å²) in [4.78, 5) is 16.7. The first-order valence-electron chi connectivity index (χ1n) is 8.95. The highest BCUT2D eigenvalue weighted by Crippen LogP contribution is 2.26. The molecule has 3 aromatic rings. The van der Waals surface area contributed by atoms with Crippen molar-refractivity contribution in [1.82, 2.24) is 24.6 Å². The van der Waals surface area contributed by atoms with Gasteiger partial charge in [0.2, 0.25) is 0 Å². The summed E-state index contributed by atoms with van der Waals surface area (Å²) in [6.07, 6.45) is 8.65. The lowest BCUT2D eigenvalue weighted by Crippen LogP contribution is -2.42. The molecule has 0 aliphatic carbocycles. The van der Waals surface area contributed by atoms with E-state index in [9.17, 15) is 4.79 Å². The maximum absolute atomic E-state index is 12.4. The average Bonchev–Trinajstić information content (AvgIpc) is 3.34. The lowest BCUT2D eigenvalue weighted by molar-refractivity contribution is -0.00410. The first kappa shape index (κ1) is 17.3. The molecule has 0 saturated carbocycles. The maximum Gasteiger partial charge on any atom is 0.319 e. The van der Waals surface area contributed by atoms with Crippen LogP contribution in [0.5, 0.6) is 0 Å². The fourth-order valence-corrected chi connectivity index (χ4v) is 3.27. The second-order valence-electron chi connectivity index (χ2n) is 6.57. The quantitative estimate of drug-likeness (QED) is 0.743. The van der Waals surface area contributed by atoms with E-state index in [-0.39, 0.29) is 18.2 Å². The van der Waals surface area contributed by atoms with Crippen molar-refractivity contribution >= 4 is 11.7 Å². The van der Waals surface area contributed by atoms with E-state index in [4.69, 9.17) is 4.74 Å². The van der Waals surface area contributed by atoms with Crippen LogP contribution in [0.3, 0.4) is 0 Å². The minimum absolute atomic E-state index is 0.0452. The Hall–Kier alpha value is -3.13. The number of nitrogens with one attached hydrogen (secondary N) is 2. The Balaban J connectivity index is 1.33. The van der Waals surface area contributed by atoms with Gasteiger partial charge in [0.05, 0.1) is 5.69 Å². The number of aromatic nitrogens is 4. The van der Waals surface area contributed by atoms with E-state index in [1.807, 2.05) is 54.3 Å². The summed E-state index contributed by atoms with van der Waals surface area (Å²) in [5.41, 5.74) is 1.67. The maximum atomic E-state index is 12.4. The fraction of sp³-hybridized carbons (Fsp3) is 0.316. The van der Waals surface area contributed by atoms with Gasteiger partial charge in [-0.1, -0.05) is 0 Å². The number of rotatable bonds is 4. The normalized spacial score (nSPS) is 19.6. The second-order valence-corrected chi connectivity index (χ2v) is 6.57. The lowest BCUT2D eigenvalue weighted by Gasteiger charge is -2.29. The van der Waals surface area contributed by atoms with E-state index < -0.39 is 0 Å². The minimum atomic E-state index is -0.215. The zero-order valence-corrected chi connectivity index (χ0v) is 15.1. The van der Waals surface area contributed by atoms with E-state index >= 15 is 0 Å². The highest BCUT2D eigenvalue weighted by atomic mass is 16.5. The van der Waals surface area contributed by atoms with Crippen molar-refractivity contribution in [2.45, 2.75) is 25.0 Å². The molecule has 0 bridgehead atoms. The molecule has 4 rings (SSSR count). The molecule has 1 fully saturated rings. The Morgan fingerprint density at radius 2 is 2.07 bits per heavy atom. The standard InChI is InChI=1S/C19H22N6O2/c1-24-11-9-20-18(24)17-13-15(7-12-27-17)23-19(26)22-14-3-5-16(6-4-14)25-10-2-8-21-25/h2-6,8-11,15,17H,7,12-13H2,1H3,(H2,22,23,26). The molecule has 0 radical (unpaired) electrons. The zero-order valence-electron chi connectivity index (χ0n) is 15.1. The van der Waals surface area contributed by atoms with Crippen molar-refractivity contribution in [3.8, 4) is 5.69 Å². The third-order valence-electron chi connectivity index (χ3n) is 4.66. The molecule has 2 atom stereocenters. The third-order valence-corrected chi connectivity index (χ3v) is 4.66. The summed E-state index contributed by atoms with van der Waals surface area (Å²) in [5, 5.41) is 10.1. The molecular formula is C19H22N6O2. The number of anilines is 1. The molecule has 8 heteroatoms. The number of ether oxygens (including phenoxy) is 1. The Labute approximate surface area is 157 Å². The number of aryl methyl sites for hydroxylation is 1. The smallest absolute Gasteiger partial charge is 0.319 e. The molecule has 1 saturated heterocycles. The van der Waals surface area contributed by atoms with Crippen LogP contribution in [0.15, 0.2) is 55.1 Å². The lowest BCUT2D eigenvalue weighted by atomic mass is 10.0. The molecule has 2 amide bonds. The number of urea groups is 1. The van der Waals surface area contributed by atoms with Crippen LogP contribution < -0.4 is 10.6 Å². The SMILES string of the molecule is Cn1ccnc1C1CC(NC(=O)Nc2ccc(-n3cccn3)cc2)CCO1. The Bertz CT molecular complexity index is 887. The van der Waals surface area contributed by atoms with Gasteiger partial charge in [0.15, 0.2) is 0 Å². The average molecular weight is 366 g/mol. The van der Waals surface area contributed by atoms with Crippen molar-refractivity contribution in [2.24, 2.45) is 7.05 Å². The monoisotopic (exact) mass is 366 g/mol. The molecule has 3 heterocycles. The van der Waals surface area contributed by atoms with E-state index in [1.165, 1.54) is 0 Å². The van der Waals surface area contributed by atoms with Crippen molar-refractivity contribution in [3.63, 3.8) is 0 Å². The highest BCUT2D eigenvalue weighted by molar-refractivity contribution is 5.89. The van der Waals surface area contributed by atoms with Crippen LogP contribution in [0.4, 0.5) is 10.5 Å². The van der Waals surface area contributed by atoms with Gasteiger partial charge in [-0.15, -0.1) is 0 Å². The van der Waals surface area contributed by atoms with Gasteiger partial charge in [-0.25, -0.2) is 14.5 Å². The molecule has 2 unspecified atom stereocenters. The Morgan fingerprint density at radius 3 is 2.78 bits per heavy atom. The number of carbonyl (C=O) groups is 1. The van der Waals surface area contributed by atoms with Crippen molar-refractivity contribution in [1.29, 1.82) is 0 Å².